The topological polar surface area (TPSA) is 59.0 Å². The number of hydrogen-bond donors (Lipinski definition) is 2. The Hall–Kier alpha value is -1.37. The first-order valence-corrected chi connectivity index (χ1v) is 8.10. The van der Waals surface area contributed by atoms with Crippen molar-refractivity contribution in [1.29, 1.82) is 0 Å². The third-order valence-corrected chi connectivity index (χ3v) is 5.00. The molecule has 0 unspecified atom stereocenters. The molecular weight excluding hydrogens is 380 g/mol. The van der Waals surface area contributed by atoms with E-state index >= 15 is 0 Å². The molecule has 1 aromatic carbocycles. The number of amides is 1. The first kappa shape index (κ1) is 18.0. The summed E-state index contributed by atoms with van der Waals surface area (Å²) < 4.78 is 2.78. The standard InChI is InChI=1S/C16H19BrN4O.ClH/c1-10-3-4-12(5-15(10)17)20-16(22)14-8-18-7-13(14)11-6-19-21(2)9-11;/h3-6,9,13-14,18H,7-8H2,1-2H3,(H,20,22);1H/t13-,14+;/m1./s1. The summed E-state index contributed by atoms with van der Waals surface area (Å²) in [5, 5.41) is 10.5. The Morgan fingerprint density at radius 2 is 2.22 bits per heavy atom. The molecule has 2 heterocycles. The molecule has 1 aliphatic heterocycles. The number of halogens is 2. The molecule has 2 N–H and O–H groups in total. The molecule has 0 spiro atoms. The molecule has 0 aliphatic carbocycles. The molecule has 1 amide bonds. The summed E-state index contributed by atoms with van der Waals surface area (Å²) in [6.45, 7) is 3.52. The van der Waals surface area contributed by atoms with Crippen LogP contribution in [-0.4, -0.2) is 28.8 Å². The van der Waals surface area contributed by atoms with Gasteiger partial charge in [-0.3, -0.25) is 9.48 Å². The number of aryl methyl sites for hydroxylation is 2. The van der Waals surface area contributed by atoms with Crippen molar-refractivity contribution in [2.24, 2.45) is 13.0 Å². The van der Waals surface area contributed by atoms with Gasteiger partial charge in [-0.2, -0.15) is 5.10 Å². The number of rotatable bonds is 3. The van der Waals surface area contributed by atoms with Crippen molar-refractivity contribution in [2.45, 2.75) is 12.8 Å². The highest BCUT2D eigenvalue weighted by Crippen LogP contribution is 2.29. The van der Waals surface area contributed by atoms with Crippen LogP contribution in [0.25, 0.3) is 0 Å². The van der Waals surface area contributed by atoms with Crippen molar-refractivity contribution < 1.29 is 4.79 Å². The van der Waals surface area contributed by atoms with Crippen molar-refractivity contribution in [3.8, 4) is 0 Å². The smallest absolute Gasteiger partial charge is 0.229 e. The number of aromatic nitrogens is 2. The van der Waals surface area contributed by atoms with Gasteiger partial charge in [-0.05, 0) is 30.2 Å². The van der Waals surface area contributed by atoms with Gasteiger partial charge in [-0.15, -0.1) is 12.4 Å². The number of nitrogens with one attached hydrogen (secondary N) is 2. The molecule has 1 aliphatic rings. The monoisotopic (exact) mass is 398 g/mol. The quantitative estimate of drug-likeness (QED) is 0.834. The molecular formula is C16H20BrClN4O. The molecule has 0 radical (unpaired) electrons. The molecule has 23 heavy (non-hydrogen) atoms. The van der Waals surface area contributed by atoms with Crippen LogP contribution in [0, 0.1) is 12.8 Å². The predicted molar refractivity (Wildman–Crippen MR) is 97.1 cm³/mol. The fraction of sp³-hybridized carbons (Fsp3) is 0.375. The Morgan fingerprint density at radius 1 is 1.43 bits per heavy atom. The zero-order valence-corrected chi connectivity index (χ0v) is 15.4. The van der Waals surface area contributed by atoms with Gasteiger partial charge in [-0.25, -0.2) is 0 Å². The van der Waals surface area contributed by atoms with Crippen molar-refractivity contribution >= 4 is 39.9 Å². The van der Waals surface area contributed by atoms with Crippen molar-refractivity contribution in [2.75, 3.05) is 18.4 Å². The van der Waals surface area contributed by atoms with Crippen LogP contribution in [0.5, 0.6) is 0 Å². The number of hydrogen-bond acceptors (Lipinski definition) is 3. The second-order valence-corrected chi connectivity index (χ2v) is 6.63. The third kappa shape index (κ3) is 3.94. The number of anilines is 1. The van der Waals surface area contributed by atoms with E-state index in [1.807, 2.05) is 44.6 Å². The second kappa shape index (κ2) is 7.47. The SMILES string of the molecule is Cc1ccc(NC(=O)[C@H]2CNC[C@@H]2c2cnn(C)c2)cc1Br.Cl. The number of carbonyl (C=O) groups excluding carboxylic acids is 1. The Bertz CT molecular complexity index is 703. The van der Waals surface area contributed by atoms with Gasteiger partial charge in [0.1, 0.15) is 0 Å². The normalized spacial score (nSPS) is 20.1. The summed E-state index contributed by atoms with van der Waals surface area (Å²) in [7, 11) is 1.89. The molecule has 0 bridgehead atoms. The Morgan fingerprint density at radius 3 is 2.87 bits per heavy atom. The first-order chi connectivity index (χ1) is 10.5. The maximum atomic E-state index is 12.6. The van der Waals surface area contributed by atoms with Crippen molar-refractivity contribution in [1.82, 2.24) is 15.1 Å². The fourth-order valence-electron chi connectivity index (χ4n) is 2.84. The second-order valence-electron chi connectivity index (χ2n) is 5.77. The minimum atomic E-state index is -0.0794. The lowest BCUT2D eigenvalue weighted by Crippen LogP contribution is -2.28. The van der Waals surface area contributed by atoms with Gasteiger partial charge < -0.3 is 10.6 Å². The Balaban J connectivity index is 0.00000192. The van der Waals surface area contributed by atoms with E-state index in [1.54, 1.807) is 4.68 Å². The van der Waals surface area contributed by atoms with Crippen LogP contribution in [0.3, 0.4) is 0 Å². The molecule has 5 nitrogen and oxygen atoms in total. The Kier molecular flexibility index (Phi) is 5.84. The maximum Gasteiger partial charge on any atom is 0.229 e. The van der Waals surface area contributed by atoms with Crippen LogP contribution in [0.1, 0.15) is 17.0 Å². The fourth-order valence-corrected chi connectivity index (χ4v) is 3.22. The van der Waals surface area contributed by atoms with Crippen LogP contribution >= 0.6 is 28.3 Å². The average Bonchev–Trinajstić information content (AvgIpc) is 3.11. The third-order valence-electron chi connectivity index (χ3n) is 4.14. The van der Waals surface area contributed by atoms with Gasteiger partial charge in [0.05, 0.1) is 12.1 Å². The Labute approximate surface area is 150 Å². The molecule has 2 aromatic rings. The molecule has 1 aromatic heterocycles. The summed E-state index contributed by atoms with van der Waals surface area (Å²) in [6.07, 6.45) is 3.83. The van der Waals surface area contributed by atoms with Gasteiger partial charge >= 0.3 is 0 Å². The van der Waals surface area contributed by atoms with Crippen LogP contribution in [0.15, 0.2) is 35.1 Å². The molecule has 0 saturated carbocycles. The van der Waals surface area contributed by atoms with E-state index < -0.39 is 0 Å². The minimum absolute atomic E-state index is 0. The van der Waals surface area contributed by atoms with Crippen molar-refractivity contribution in [3.05, 3.63) is 46.2 Å². The summed E-state index contributed by atoms with van der Waals surface area (Å²) in [5.74, 6) is 0.140. The lowest BCUT2D eigenvalue weighted by atomic mass is 9.90. The van der Waals surface area contributed by atoms with E-state index in [9.17, 15) is 4.79 Å². The number of carbonyl (C=O) groups is 1. The lowest BCUT2D eigenvalue weighted by Gasteiger charge is -2.17. The molecule has 1 saturated heterocycles. The lowest BCUT2D eigenvalue weighted by molar-refractivity contribution is -0.119. The molecule has 7 heteroatoms. The summed E-state index contributed by atoms with van der Waals surface area (Å²) >= 11 is 3.50. The highest BCUT2D eigenvalue weighted by Gasteiger charge is 2.34. The van der Waals surface area contributed by atoms with Crippen LogP contribution in [0.2, 0.25) is 0 Å². The van der Waals surface area contributed by atoms with Gasteiger partial charge in [-0.1, -0.05) is 22.0 Å². The highest BCUT2D eigenvalue weighted by molar-refractivity contribution is 9.10. The zero-order valence-electron chi connectivity index (χ0n) is 13.0. The average molecular weight is 400 g/mol. The predicted octanol–water partition coefficient (Wildman–Crippen LogP) is 2.85. The summed E-state index contributed by atoms with van der Waals surface area (Å²) in [6, 6.07) is 5.86. The zero-order chi connectivity index (χ0) is 15.7. The first-order valence-electron chi connectivity index (χ1n) is 7.31. The van der Waals surface area contributed by atoms with Gasteiger partial charge in [0.15, 0.2) is 0 Å². The van der Waals surface area contributed by atoms with Gasteiger partial charge in [0, 0.05) is 42.4 Å². The molecule has 1 fully saturated rings. The van der Waals surface area contributed by atoms with E-state index in [4.69, 9.17) is 0 Å². The highest BCUT2D eigenvalue weighted by atomic mass is 79.9. The summed E-state index contributed by atoms with van der Waals surface area (Å²) in [5.41, 5.74) is 3.07. The van der Waals surface area contributed by atoms with E-state index in [-0.39, 0.29) is 30.2 Å². The molecule has 3 rings (SSSR count). The van der Waals surface area contributed by atoms with E-state index in [2.05, 4.69) is 31.7 Å². The minimum Gasteiger partial charge on any atom is -0.326 e. The van der Waals surface area contributed by atoms with Gasteiger partial charge in [0.25, 0.3) is 0 Å². The summed E-state index contributed by atoms with van der Waals surface area (Å²) in [4.78, 5) is 12.6. The molecule has 2 atom stereocenters. The van der Waals surface area contributed by atoms with Crippen molar-refractivity contribution in [3.63, 3.8) is 0 Å². The number of nitrogens with zero attached hydrogens (tertiary/aromatic N) is 2. The maximum absolute atomic E-state index is 12.6. The van der Waals surface area contributed by atoms with Gasteiger partial charge in [0.2, 0.25) is 5.91 Å². The van der Waals surface area contributed by atoms with E-state index in [1.165, 1.54) is 0 Å². The largest absolute Gasteiger partial charge is 0.326 e. The number of benzene rings is 1. The van der Waals surface area contributed by atoms with E-state index in [0.29, 0.717) is 6.54 Å². The van der Waals surface area contributed by atoms with E-state index in [0.717, 1.165) is 27.8 Å². The van der Waals surface area contributed by atoms with Crippen LogP contribution in [-0.2, 0) is 11.8 Å². The van der Waals surface area contributed by atoms with Crippen LogP contribution < -0.4 is 10.6 Å². The molecule has 124 valence electrons. The van der Waals surface area contributed by atoms with Crippen LogP contribution in [0.4, 0.5) is 5.69 Å².